The minimum Gasteiger partial charge on any atom is -0.481 e. The van der Waals surface area contributed by atoms with Gasteiger partial charge in [0.05, 0.1) is 24.2 Å². The van der Waals surface area contributed by atoms with Crippen LogP contribution in [-0.2, 0) is 11.3 Å². The van der Waals surface area contributed by atoms with Crippen LogP contribution in [0, 0.1) is 0 Å². The van der Waals surface area contributed by atoms with Gasteiger partial charge in [0, 0.05) is 13.2 Å². The standard InChI is InChI=1S/C15H21N3O3/c1-18(11-12-6-2-5-9-16-12)14(21)17-15(10-13(19)20)7-3-4-8-15/h2,5-6,9H,3-4,7-8,10-11H2,1H3,(H,17,21)(H,19,20). The van der Waals surface area contributed by atoms with E-state index in [1.165, 1.54) is 4.90 Å². The van der Waals surface area contributed by atoms with Gasteiger partial charge < -0.3 is 15.3 Å². The molecule has 0 atom stereocenters. The van der Waals surface area contributed by atoms with Crippen LogP contribution in [0.5, 0.6) is 0 Å². The Hall–Kier alpha value is -2.11. The maximum absolute atomic E-state index is 12.3. The van der Waals surface area contributed by atoms with Crippen molar-refractivity contribution in [1.29, 1.82) is 0 Å². The number of pyridine rings is 1. The third-order valence-corrected chi connectivity index (χ3v) is 3.89. The number of carboxylic acid groups (broad SMARTS) is 1. The Morgan fingerprint density at radius 3 is 2.67 bits per heavy atom. The Kier molecular flexibility index (Phi) is 4.77. The zero-order chi connectivity index (χ0) is 15.3. The van der Waals surface area contributed by atoms with Gasteiger partial charge in [0.25, 0.3) is 0 Å². The molecule has 1 saturated carbocycles. The number of nitrogens with one attached hydrogen (secondary N) is 1. The number of amides is 2. The number of aliphatic carboxylic acids is 1. The molecule has 6 nitrogen and oxygen atoms in total. The summed E-state index contributed by atoms with van der Waals surface area (Å²) in [4.78, 5) is 29.0. The minimum absolute atomic E-state index is 0.0177. The van der Waals surface area contributed by atoms with Gasteiger partial charge in [0.2, 0.25) is 0 Å². The maximum Gasteiger partial charge on any atom is 0.317 e. The molecule has 0 spiro atoms. The first-order valence-electron chi connectivity index (χ1n) is 7.16. The van der Waals surface area contributed by atoms with E-state index in [0.29, 0.717) is 6.54 Å². The van der Waals surface area contributed by atoms with E-state index in [2.05, 4.69) is 10.3 Å². The molecule has 0 unspecified atom stereocenters. The first-order valence-corrected chi connectivity index (χ1v) is 7.16. The Morgan fingerprint density at radius 2 is 2.10 bits per heavy atom. The van der Waals surface area contributed by atoms with Crippen molar-refractivity contribution in [2.24, 2.45) is 0 Å². The van der Waals surface area contributed by atoms with Gasteiger partial charge >= 0.3 is 12.0 Å². The van der Waals surface area contributed by atoms with Crippen molar-refractivity contribution in [1.82, 2.24) is 15.2 Å². The van der Waals surface area contributed by atoms with Crippen LogP contribution >= 0.6 is 0 Å². The Labute approximate surface area is 124 Å². The molecular weight excluding hydrogens is 270 g/mol. The number of carbonyl (C=O) groups is 2. The lowest BCUT2D eigenvalue weighted by Gasteiger charge is -2.31. The fourth-order valence-corrected chi connectivity index (χ4v) is 2.82. The number of urea groups is 1. The average molecular weight is 291 g/mol. The van der Waals surface area contributed by atoms with E-state index < -0.39 is 11.5 Å². The largest absolute Gasteiger partial charge is 0.481 e. The van der Waals surface area contributed by atoms with Gasteiger partial charge in [-0.05, 0) is 25.0 Å². The van der Waals surface area contributed by atoms with Crippen LogP contribution < -0.4 is 5.32 Å². The third-order valence-electron chi connectivity index (χ3n) is 3.89. The fourth-order valence-electron chi connectivity index (χ4n) is 2.82. The zero-order valence-electron chi connectivity index (χ0n) is 12.2. The molecule has 0 aromatic carbocycles. The molecule has 1 heterocycles. The minimum atomic E-state index is -0.871. The van der Waals surface area contributed by atoms with E-state index in [1.54, 1.807) is 13.2 Å². The number of nitrogens with zero attached hydrogens (tertiary/aromatic N) is 2. The van der Waals surface area contributed by atoms with E-state index in [9.17, 15) is 9.59 Å². The summed E-state index contributed by atoms with van der Waals surface area (Å²) >= 11 is 0. The summed E-state index contributed by atoms with van der Waals surface area (Å²) in [6.45, 7) is 0.399. The number of hydrogen-bond donors (Lipinski definition) is 2. The van der Waals surface area contributed by atoms with Crippen LogP contribution in [0.3, 0.4) is 0 Å². The summed E-state index contributed by atoms with van der Waals surface area (Å²) in [6.07, 6.45) is 5.03. The van der Waals surface area contributed by atoms with Crippen molar-refractivity contribution < 1.29 is 14.7 Å². The highest BCUT2D eigenvalue weighted by atomic mass is 16.4. The zero-order valence-corrected chi connectivity index (χ0v) is 12.2. The van der Waals surface area contributed by atoms with Gasteiger partial charge in [-0.15, -0.1) is 0 Å². The maximum atomic E-state index is 12.3. The van der Waals surface area contributed by atoms with Crippen molar-refractivity contribution in [2.45, 2.75) is 44.2 Å². The highest BCUT2D eigenvalue weighted by Crippen LogP contribution is 2.32. The monoisotopic (exact) mass is 291 g/mol. The van der Waals surface area contributed by atoms with Gasteiger partial charge in [-0.2, -0.15) is 0 Å². The molecule has 21 heavy (non-hydrogen) atoms. The van der Waals surface area contributed by atoms with Crippen molar-refractivity contribution >= 4 is 12.0 Å². The summed E-state index contributed by atoms with van der Waals surface area (Å²) in [6, 6.07) is 5.30. The Morgan fingerprint density at radius 1 is 1.38 bits per heavy atom. The fraction of sp³-hybridized carbons (Fsp3) is 0.533. The van der Waals surface area contributed by atoms with Crippen LogP contribution in [-0.4, -0.2) is 39.6 Å². The summed E-state index contributed by atoms with van der Waals surface area (Å²) in [5, 5.41) is 12.0. The number of rotatable bonds is 5. The molecular formula is C15H21N3O3. The summed E-state index contributed by atoms with van der Waals surface area (Å²) in [5.41, 5.74) is 0.204. The van der Waals surface area contributed by atoms with Gasteiger partial charge in [-0.3, -0.25) is 9.78 Å². The van der Waals surface area contributed by atoms with E-state index in [-0.39, 0.29) is 12.5 Å². The number of carboxylic acids is 1. The Bertz CT molecular complexity index is 498. The molecule has 1 fully saturated rings. The molecule has 2 rings (SSSR count). The van der Waals surface area contributed by atoms with E-state index in [4.69, 9.17) is 5.11 Å². The normalized spacial score (nSPS) is 16.4. The highest BCUT2D eigenvalue weighted by molar-refractivity contribution is 5.76. The lowest BCUT2D eigenvalue weighted by Crippen LogP contribution is -2.51. The van der Waals surface area contributed by atoms with Crippen molar-refractivity contribution in [3.8, 4) is 0 Å². The quantitative estimate of drug-likeness (QED) is 0.869. The molecule has 1 aromatic heterocycles. The third kappa shape index (κ3) is 4.18. The second-order valence-electron chi connectivity index (χ2n) is 5.67. The summed E-state index contributed by atoms with van der Waals surface area (Å²) in [7, 11) is 1.69. The van der Waals surface area contributed by atoms with E-state index in [0.717, 1.165) is 31.4 Å². The lowest BCUT2D eigenvalue weighted by molar-refractivity contribution is -0.138. The number of hydrogen-bond acceptors (Lipinski definition) is 3. The molecule has 114 valence electrons. The van der Waals surface area contributed by atoms with Crippen LogP contribution in [0.4, 0.5) is 4.79 Å². The van der Waals surface area contributed by atoms with Crippen LogP contribution in [0.15, 0.2) is 24.4 Å². The second-order valence-corrected chi connectivity index (χ2v) is 5.67. The summed E-state index contributed by atoms with van der Waals surface area (Å²) < 4.78 is 0. The SMILES string of the molecule is CN(Cc1ccccn1)C(=O)NC1(CC(=O)O)CCCC1. The van der Waals surface area contributed by atoms with Crippen molar-refractivity contribution in [3.63, 3.8) is 0 Å². The molecule has 2 amide bonds. The smallest absolute Gasteiger partial charge is 0.317 e. The Balaban J connectivity index is 1.97. The molecule has 2 N–H and O–H groups in total. The number of aromatic nitrogens is 1. The summed E-state index contributed by atoms with van der Waals surface area (Å²) in [5.74, 6) is -0.871. The molecule has 1 aliphatic rings. The first kappa shape index (κ1) is 15.3. The average Bonchev–Trinajstić information content (AvgIpc) is 2.87. The van der Waals surface area contributed by atoms with Crippen LogP contribution in [0.25, 0.3) is 0 Å². The predicted octanol–water partition coefficient (Wildman–Crippen LogP) is 2.01. The van der Waals surface area contributed by atoms with Gasteiger partial charge in [0.15, 0.2) is 0 Å². The predicted molar refractivity (Wildman–Crippen MR) is 77.7 cm³/mol. The van der Waals surface area contributed by atoms with Crippen molar-refractivity contribution in [2.75, 3.05) is 7.05 Å². The van der Waals surface area contributed by atoms with E-state index >= 15 is 0 Å². The van der Waals surface area contributed by atoms with Gasteiger partial charge in [-0.25, -0.2) is 4.79 Å². The topological polar surface area (TPSA) is 82.5 Å². The molecule has 0 saturated heterocycles. The molecule has 0 radical (unpaired) electrons. The molecule has 0 bridgehead atoms. The molecule has 0 aliphatic heterocycles. The van der Waals surface area contributed by atoms with Gasteiger partial charge in [0.1, 0.15) is 0 Å². The highest BCUT2D eigenvalue weighted by Gasteiger charge is 2.38. The number of carbonyl (C=O) groups excluding carboxylic acids is 1. The van der Waals surface area contributed by atoms with Gasteiger partial charge in [-0.1, -0.05) is 18.9 Å². The van der Waals surface area contributed by atoms with Crippen molar-refractivity contribution in [3.05, 3.63) is 30.1 Å². The van der Waals surface area contributed by atoms with E-state index in [1.807, 2.05) is 18.2 Å². The molecule has 1 aromatic rings. The first-order chi connectivity index (χ1) is 10.0. The van der Waals surface area contributed by atoms with Crippen LogP contribution in [0.1, 0.15) is 37.8 Å². The molecule has 1 aliphatic carbocycles. The van der Waals surface area contributed by atoms with Crippen LogP contribution in [0.2, 0.25) is 0 Å². The second kappa shape index (κ2) is 6.56. The molecule has 6 heteroatoms. The lowest BCUT2D eigenvalue weighted by atomic mass is 9.93.